The van der Waals surface area contributed by atoms with Crippen LogP contribution in [0.2, 0.25) is 0 Å². The van der Waals surface area contributed by atoms with Crippen molar-refractivity contribution in [3.8, 4) is 0 Å². The first kappa shape index (κ1) is 19.6. The molecule has 0 spiro atoms. The summed E-state index contributed by atoms with van der Waals surface area (Å²) < 4.78 is 0. The van der Waals surface area contributed by atoms with Gasteiger partial charge < -0.3 is 15.0 Å². The van der Waals surface area contributed by atoms with Crippen LogP contribution in [0.1, 0.15) is 30.0 Å². The molecule has 3 heterocycles. The van der Waals surface area contributed by atoms with Crippen molar-refractivity contribution in [2.75, 3.05) is 22.9 Å². The number of aromatic amines is 1. The molecule has 6 rings (SSSR count). The van der Waals surface area contributed by atoms with Crippen molar-refractivity contribution in [3.63, 3.8) is 0 Å². The number of nitrogens with one attached hydrogen (secondary N) is 1. The van der Waals surface area contributed by atoms with Gasteiger partial charge in [-0.25, -0.2) is 4.98 Å². The van der Waals surface area contributed by atoms with Gasteiger partial charge in [-0.15, -0.1) is 0 Å². The van der Waals surface area contributed by atoms with Crippen LogP contribution in [0.15, 0.2) is 84.9 Å². The molecular weight excluding hydrogens is 412 g/mol. The van der Waals surface area contributed by atoms with Gasteiger partial charge in [-0.05, 0) is 54.3 Å². The first-order valence-electron chi connectivity index (χ1n) is 11.3. The molecule has 0 aliphatic carbocycles. The second kappa shape index (κ2) is 7.81. The molecule has 1 unspecified atom stereocenters. The van der Waals surface area contributed by atoms with Crippen molar-refractivity contribution in [1.29, 1.82) is 0 Å². The molecule has 0 bridgehead atoms. The van der Waals surface area contributed by atoms with Crippen molar-refractivity contribution in [2.24, 2.45) is 0 Å². The van der Waals surface area contributed by atoms with Gasteiger partial charge in [-0.3, -0.25) is 9.69 Å². The number of carbonyl (C=O) groups is 1. The Labute approximate surface area is 191 Å². The molecule has 6 nitrogen and oxygen atoms in total. The molecule has 33 heavy (non-hydrogen) atoms. The number of imidazole rings is 1. The van der Waals surface area contributed by atoms with Crippen LogP contribution in [0.4, 0.5) is 11.4 Å². The summed E-state index contributed by atoms with van der Waals surface area (Å²) in [6, 6.07) is 23.3. The fourth-order valence-corrected chi connectivity index (χ4v) is 5.02. The molecule has 2 N–H and O–H groups in total. The fraction of sp³-hybridized carbons (Fsp3) is 0.185. The van der Waals surface area contributed by atoms with E-state index in [2.05, 4.69) is 39.1 Å². The molecule has 1 saturated heterocycles. The monoisotopic (exact) mass is 436 g/mol. The molecule has 2 aliphatic rings. The second-order valence-electron chi connectivity index (χ2n) is 8.60. The number of hydrogen-bond donors (Lipinski definition) is 2. The summed E-state index contributed by atoms with van der Waals surface area (Å²) in [6.07, 6.45) is 4.08. The largest absolute Gasteiger partial charge is 0.503 e. The number of benzene rings is 3. The Morgan fingerprint density at radius 3 is 2.39 bits per heavy atom. The maximum absolute atomic E-state index is 13.4. The molecule has 2 aliphatic heterocycles. The maximum Gasteiger partial charge on any atom is 0.294 e. The van der Waals surface area contributed by atoms with Gasteiger partial charge >= 0.3 is 0 Å². The summed E-state index contributed by atoms with van der Waals surface area (Å²) in [5.41, 5.74) is 6.00. The summed E-state index contributed by atoms with van der Waals surface area (Å²) in [4.78, 5) is 24.9. The van der Waals surface area contributed by atoms with E-state index >= 15 is 0 Å². The number of anilines is 2. The van der Waals surface area contributed by atoms with Crippen molar-refractivity contribution in [1.82, 2.24) is 9.97 Å². The van der Waals surface area contributed by atoms with E-state index in [4.69, 9.17) is 0 Å². The minimum absolute atomic E-state index is 0.209. The van der Waals surface area contributed by atoms with E-state index in [1.54, 1.807) is 11.2 Å². The molecule has 4 aromatic rings. The van der Waals surface area contributed by atoms with Crippen molar-refractivity contribution in [2.45, 2.75) is 18.9 Å². The second-order valence-corrected chi connectivity index (χ2v) is 8.60. The summed E-state index contributed by atoms with van der Waals surface area (Å²) in [6.45, 7) is 2.15. The Hall–Kier alpha value is -4.06. The van der Waals surface area contributed by atoms with Crippen LogP contribution in [0, 0.1) is 0 Å². The van der Waals surface area contributed by atoms with Crippen LogP contribution in [-0.2, 0) is 4.79 Å². The highest BCUT2D eigenvalue weighted by atomic mass is 16.3. The van der Waals surface area contributed by atoms with E-state index in [0.717, 1.165) is 35.2 Å². The van der Waals surface area contributed by atoms with Crippen LogP contribution in [-0.4, -0.2) is 34.1 Å². The predicted molar refractivity (Wildman–Crippen MR) is 130 cm³/mol. The molecule has 3 aromatic carbocycles. The Morgan fingerprint density at radius 2 is 1.64 bits per heavy atom. The summed E-state index contributed by atoms with van der Waals surface area (Å²) in [7, 11) is 0. The standard InChI is InChI=1S/C27H24N4O2/c32-26-24(18-6-2-1-3-7-18)25(19-8-10-20(11-9-19)30-14-4-5-15-30)31(27(26)33)21-12-13-22-23(16-21)29-17-28-22/h1-3,6-13,16-17,25,32H,4-5,14-15H2,(H,28,29). The predicted octanol–water partition coefficient (Wildman–Crippen LogP) is 5.22. The molecule has 0 saturated carbocycles. The Balaban J connectivity index is 1.47. The first-order valence-corrected chi connectivity index (χ1v) is 11.3. The van der Waals surface area contributed by atoms with Crippen molar-refractivity contribution >= 4 is 33.9 Å². The van der Waals surface area contributed by atoms with Gasteiger partial charge in [0.15, 0.2) is 5.76 Å². The van der Waals surface area contributed by atoms with E-state index < -0.39 is 11.9 Å². The Morgan fingerprint density at radius 1 is 0.909 bits per heavy atom. The molecular formula is C27H24N4O2. The highest BCUT2D eigenvalue weighted by Gasteiger charge is 2.42. The van der Waals surface area contributed by atoms with Gasteiger partial charge in [0.2, 0.25) is 0 Å². The van der Waals surface area contributed by atoms with Gasteiger partial charge in [0.05, 0.1) is 23.4 Å². The lowest BCUT2D eigenvalue weighted by atomic mass is 9.93. The van der Waals surface area contributed by atoms with E-state index in [1.165, 1.54) is 18.5 Å². The van der Waals surface area contributed by atoms with Crippen LogP contribution < -0.4 is 9.80 Å². The number of hydrogen-bond acceptors (Lipinski definition) is 4. The number of amides is 1. The van der Waals surface area contributed by atoms with Crippen LogP contribution >= 0.6 is 0 Å². The number of aromatic nitrogens is 2. The molecule has 0 radical (unpaired) electrons. The van der Waals surface area contributed by atoms with Gasteiger partial charge in [-0.2, -0.15) is 0 Å². The lowest BCUT2D eigenvalue weighted by Gasteiger charge is -2.28. The zero-order valence-corrected chi connectivity index (χ0v) is 18.1. The molecule has 1 amide bonds. The van der Waals surface area contributed by atoms with E-state index in [1.807, 2.05) is 48.5 Å². The molecule has 1 atom stereocenters. The Bertz CT molecular complexity index is 1350. The van der Waals surface area contributed by atoms with Gasteiger partial charge in [0.25, 0.3) is 5.91 Å². The van der Waals surface area contributed by atoms with Crippen molar-refractivity contribution in [3.05, 3.63) is 96.0 Å². The van der Waals surface area contributed by atoms with E-state index in [9.17, 15) is 9.90 Å². The van der Waals surface area contributed by atoms with E-state index in [0.29, 0.717) is 11.3 Å². The van der Waals surface area contributed by atoms with Crippen LogP contribution in [0.25, 0.3) is 16.6 Å². The number of fused-ring (bicyclic) bond motifs is 1. The number of aliphatic hydroxyl groups is 1. The smallest absolute Gasteiger partial charge is 0.294 e. The minimum atomic E-state index is -0.437. The highest BCUT2D eigenvalue weighted by Crippen LogP contribution is 2.45. The molecule has 1 aromatic heterocycles. The highest BCUT2D eigenvalue weighted by molar-refractivity contribution is 6.16. The minimum Gasteiger partial charge on any atom is -0.503 e. The Kier molecular flexibility index (Phi) is 4.64. The lowest BCUT2D eigenvalue weighted by molar-refractivity contribution is -0.117. The zero-order chi connectivity index (χ0) is 22.4. The number of H-pyrrole nitrogens is 1. The third-order valence-corrected chi connectivity index (χ3v) is 6.65. The average molecular weight is 437 g/mol. The number of aliphatic hydroxyl groups excluding tert-OH is 1. The summed E-state index contributed by atoms with van der Waals surface area (Å²) in [5, 5.41) is 11.0. The maximum atomic E-state index is 13.4. The van der Waals surface area contributed by atoms with Crippen LogP contribution in [0.3, 0.4) is 0 Å². The van der Waals surface area contributed by atoms with Gasteiger partial charge in [0.1, 0.15) is 0 Å². The fourth-order valence-electron chi connectivity index (χ4n) is 5.02. The third-order valence-electron chi connectivity index (χ3n) is 6.65. The van der Waals surface area contributed by atoms with Crippen LogP contribution in [0.5, 0.6) is 0 Å². The summed E-state index contributed by atoms with van der Waals surface area (Å²) in [5.74, 6) is -0.610. The van der Waals surface area contributed by atoms with Gasteiger partial charge in [-0.1, -0.05) is 42.5 Å². The number of nitrogens with zero attached hydrogens (tertiary/aromatic N) is 3. The number of carbonyl (C=O) groups excluding carboxylic acids is 1. The quantitative estimate of drug-likeness (QED) is 0.460. The summed E-state index contributed by atoms with van der Waals surface area (Å²) >= 11 is 0. The van der Waals surface area contributed by atoms with Gasteiger partial charge in [0, 0.05) is 30.0 Å². The molecule has 1 fully saturated rings. The topological polar surface area (TPSA) is 72.5 Å². The average Bonchev–Trinajstić information content (AvgIpc) is 3.60. The zero-order valence-electron chi connectivity index (χ0n) is 18.1. The lowest BCUT2D eigenvalue weighted by Crippen LogP contribution is -2.30. The number of rotatable bonds is 4. The molecule has 6 heteroatoms. The third kappa shape index (κ3) is 3.26. The molecule has 164 valence electrons. The first-order chi connectivity index (χ1) is 16.2. The van der Waals surface area contributed by atoms with Crippen molar-refractivity contribution < 1.29 is 9.90 Å². The van der Waals surface area contributed by atoms with E-state index in [-0.39, 0.29) is 5.76 Å². The normalized spacial score (nSPS) is 18.7. The SMILES string of the molecule is O=C1C(O)=C(c2ccccc2)C(c2ccc(N3CCCC3)cc2)N1c1ccc2nc[nH]c2c1.